The normalized spacial score (nSPS) is 25.7. The number of rotatable bonds is 2. The number of morpholine rings is 1. The molecule has 2 aliphatic heterocycles. The molecule has 0 saturated carbocycles. The van der Waals surface area contributed by atoms with Crippen molar-refractivity contribution in [2.24, 2.45) is 7.05 Å². The molecule has 1 unspecified atom stereocenters. The highest BCUT2D eigenvalue weighted by Crippen LogP contribution is 2.27. The summed E-state index contributed by atoms with van der Waals surface area (Å²) < 4.78 is 7.18. The maximum absolute atomic E-state index is 12.2. The first kappa shape index (κ1) is 14.6. The van der Waals surface area contributed by atoms with Gasteiger partial charge in [0.25, 0.3) is 5.56 Å². The van der Waals surface area contributed by atoms with E-state index in [9.17, 15) is 9.90 Å². The minimum absolute atomic E-state index is 0.0156. The van der Waals surface area contributed by atoms with E-state index in [-0.39, 0.29) is 12.2 Å². The van der Waals surface area contributed by atoms with E-state index in [1.165, 1.54) is 6.20 Å². The number of nitrogens with zero attached hydrogens (tertiary/aromatic N) is 5. The lowest BCUT2D eigenvalue weighted by atomic mass is 9.94. The number of aliphatic hydroxyl groups excluding tert-OH is 1. The number of aromatic amines is 1. The van der Waals surface area contributed by atoms with Gasteiger partial charge in [-0.3, -0.25) is 19.4 Å². The SMILES string of the molecule is Cn1ncc2c(=O)[nH]c(N3CCN4CCOCC4(CO)C3)nc21. The number of anilines is 1. The molecule has 0 spiro atoms. The van der Waals surface area contributed by atoms with Crippen molar-refractivity contribution in [3.8, 4) is 0 Å². The van der Waals surface area contributed by atoms with Crippen LogP contribution in [0.2, 0.25) is 0 Å². The number of H-pyrrole nitrogens is 1. The van der Waals surface area contributed by atoms with Crippen LogP contribution in [0.1, 0.15) is 0 Å². The van der Waals surface area contributed by atoms with Gasteiger partial charge in [-0.15, -0.1) is 0 Å². The number of piperazine rings is 1. The van der Waals surface area contributed by atoms with Gasteiger partial charge in [-0.2, -0.15) is 10.1 Å². The predicted molar refractivity (Wildman–Crippen MR) is 83.6 cm³/mol. The fourth-order valence-corrected chi connectivity index (χ4v) is 3.48. The fraction of sp³-hybridized carbons (Fsp3) is 0.643. The van der Waals surface area contributed by atoms with Crippen LogP contribution >= 0.6 is 0 Å². The Labute approximate surface area is 132 Å². The number of aliphatic hydroxyl groups is 1. The molecular weight excluding hydrogens is 300 g/mol. The first-order valence-electron chi connectivity index (χ1n) is 7.74. The van der Waals surface area contributed by atoms with Gasteiger partial charge in [-0.25, -0.2) is 0 Å². The first-order valence-corrected chi connectivity index (χ1v) is 7.74. The van der Waals surface area contributed by atoms with E-state index in [2.05, 4.69) is 20.0 Å². The van der Waals surface area contributed by atoms with Crippen LogP contribution in [0.3, 0.4) is 0 Å². The van der Waals surface area contributed by atoms with Gasteiger partial charge in [0, 0.05) is 33.2 Å². The van der Waals surface area contributed by atoms with Gasteiger partial charge < -0.3 is 14.7 Å². The minimum Gasteiger partial charge on any atom is -0.394 e. The summed E-state index contributed by atoms with van der Waals surface area (Å²) in [5.74, 6) is 0.518. The molecule has 2 N–H and O–H groups in total. The average molecular weight is 320 g/mol. The second-order valence-electron chi connectivity index (χ2n) is 6.24. The van der Waals surface area contributed by atoms with Crippen molar-refractivity contribution in [1.82, 2.24) is 24.6 Å². The van der Waals surface area contributed by atoms with Crippen LogP contribution in [-0.2, 0) is 11.8 Å². The fourth-order valence-electron chi connectivity index (χ4n) is 3.48. The third-order valence-corrected chi connectivity index (χ3v) is 4.86. The molecular formula is C14H20N6O3. The molecule has 4 rings (SSSR count). The van der Waals surface area contributed by atoms with E-state index in [4.69, 9.17) is 4.74 Å². The van der Waals surface area contributed by atoms with Crippen LogP contribution in [0.4, 0.5) is 5.95 Å². The molecule has 2 aliphatic rings. The van der Waals surface area contributed by atoms with Crippen molar-refractivity contribution in [2.45, 2.75) is 5.54 Å². The Bertz CT molecular complexity index is 786. The van der Waals surface area contributed by atoms with E-state index >= 15 is 0 Å². The Morgan fingerprint density at radius 3 is 3.13 bits per heavy atom. The van der Waals surface area contributed by atoms with Gasteiger partial charge in [0.2, 0.25) is 5.95 Å². The average Bonchev–Trinajstić information content (AvgIpc) is 2.96. The molecule has 2 fully saturated rings. The number of ether oxygens (including phenoxy) is 1. The molecule has 23 heavy (non-hydrogen) atoms. The lowest BCUT2D eigenvalue weighted by Gasteiger charge is -2.52. The van der Waals surface area contributed by atoms with Crippen LogP contribution in [0.5, 0.6) is 0 Å². The minimum atomic E-state index is -0.434. The number of fused-ring (bicyclic) bond motifs is 2. The molecule has 0 bridgehead atoms. The molecule has 2 aromatic heterocycles. The summed E-state index contributed by atoms with van der Waals surface area (Å²) >= 11 is 0. The monoisotopic (exact) mass is 320 g/mol. The zero-order valence-corrected chi connectivity index (χ0v) is 13.0. The maximum Gasteiger partial charge on any atom is 0.263 e. The van der Waals surface area contributed by atoms with Gasteiger partial charge >= 0.3 is 0 Å². The van der Waals surface area contributed by atoms with Crippen LogP contribution in [-0.4, -0.2) is 81.3 Å². The van der Waals surface area contributed by atoms with Crippen molar-refractivity contribution < 1.29 is 9.84 Å². The van der Waals surface area contributed by atoms with Crippen molar-refractivity contribution >= 4 is 17.0 Å². The molecule has 0 aliphatic carbocycles. The van der Waals surface area contributed by atoms with Crippen LogP contribution in [0.25, 0.3) is 11.0 Å². The number of nitrogens with one attached hydrogen (secondary N) is 1. The third-order valence-electron chi connectivity index (χ3n) is 4.86. The van der Waals surface area contributed by atoms with E-state index in [1.807, 2.05) is 4.90 Å². The number of hydrogen-bond acceptors (Lipinski definition) is 7. The Morgan fingerprint density at radius 1 is 1.43 bits per heavy atom. The van der Waals surface area contributed by atoms with Gasteiger partial charge in [-0.05, 0) is 0 Å². The van der Waals surface area contributed by atoms with E-state index in [0.29, 0.717) is 36.7 Å². The highest BCUT2D eigenvalue weighted by Gasteiger charge is 2.44. The Morgan fingerprint density at radius 2 is 2.30 bits per heavy atom. The second-order valence-corrected chi connectivity index (χ2v) is 6.24. The molecule has 9 heteroatoms. The molecule has 124 valence electrons. The number of hydrogen-bond donors (Lipinski definition) is 2. The lowest BCUT2D eigenvalue weighted by molar-refractivity contribution is -0.0952. The van der Waals surface area contributed by atoms with Crippen molar-refractivity contribution in [3.05, 3.63) is 16.6 Å². The second kappa shape index (κ2) is 5.29. The molecule has 9 nitrogen and oxygen atoms in total. The van der Waals surface area contributed by atoms with Crippen molar-refractivity contribution in [3.63, 3.8) is 0 Å². The Balaban J connectivity index is 1.71. The standard InChI is InChI=1S/C14H20N6O3/c1-18-11-10(6-15-18)12(22)17-13(16-11)19-2-3-20-4-5-23-9-14(20,7-19)8-21/h6,21H,2-5,7-9H2,1H3,(H,16,17,22). The lowest BCUT2D eigenvalue weighted by Crippen LogP contribution is -2.69. The summed E-state index contributed by atoms with van der Waals surface area (Å²) in [5.41, 5.74) is -0.0705. The van der Waals surface area contributed by atoms with Gasteiger partial charge in [-0.1, -0.05) is 0 Å². The molecule has 2 saturated heterocycles. The zero-order chi connectivity index (χ0) is 16.0. The zero-order valence-electron chi connectivity index (χ0n) is 13.0. The Hall–Kier alpha value is -1.97. The van der Waals surface area contributed by atoms with E-state index < -0.39 is 5.54 Å². The van der Waals surface area contributed by atoms with Gasteiger partial charge in [0.15, 0.2) is 5.65 Å². The number of aromatic nitrogens is 4. The van der Waals surface area contributed by atoms with Crippen LogP contribution in [0, 0.1) is 0 Å². The third kappa shape index (κ3) is 2.23. The summed E-state index contributed by atoms with van der Waals surface area (Å²) in [7, 11) is 1.76. The highest BCUT2D eigenvalue weighted by atomic mass is 16.5. The molecule has 0 radical (unpaired) electrons. The molecule has 0 amide bonds. The predicted octanol–water partition coefficient (Wildman–Crippen LogP) is -1.46. The van der Waals surface area contributed by atoms with E-state index in [1.54, 1.807) is 11.7 Å². The van der Waals surface area contributed by atoms with Gasteiger partial charge in [0.1, 0.15) is 5.39 Å². The molecule has 0 aromatic carbocycles. The van der Waals surface area contributed by atoms with E-state index in [0.717, 1.165) is 19.6 Å². The molecule has 1 atom stereocenters. The van der Waals surface area contributed by atoms with Crippen molar-refractivity contribution in [1.29, 1.82) is 0 Å². The van der Waals surface area contributed by atoms with Crippen LogP contribution in [0.15, 0.2) is 11.0 Å². The summed E-state index contributed by atoms with van der Waals surface area (Å²) in [6.07, 6.45) is 1.52. The number of aryl methyl sites for hydroxylation is 1. The van der Waals surface area contributed by atoms with Crippen LogP contribution < -0.4 is 10.5 Å². The first-order chi connectivity index (χ1) is 11.1. The smallest absolute Gasteiger partial charge is 0.263 e. The summed E-state index contributed by atoms with van der Waals surface area (Å²) in [4.78, 5) is 23.9. The Kier molecular flexibility index (Phi) is 3.36. The summed E-state index contributed by atoms with van der Waals surface area (Å²) in [5, 5.41) is 14.5. The highest BCUT2D eigenvalue weighted by molar-refractivity contribution is 5.74. The molecule has 4 heterocycles. The largest absolute Gasteiger partial charge is 0.394 e. The van der Waals surface area contributed by atoms with Gasteiger partial charge in [0.05, 0.1) is 31.6 Å². The molecule has 2 aromatic rings. The maximum atomic E-state index is 12.2. The topological polar surface area (TPSA) is 99.5 Å². The van der Waals surface area contributed by atoms with Crippen molar-refractivity contribution in [2.75, 3.05) is 50.9 Å². The quantitative estimate of drug-likeness (QED) is 0.697. The summed E-state index contributed by atoms with van der Waals surface area (Å²) in [6.45, 7) is 4.12. The summed E-state index contributed by atoms with van der Waals surface area (Å²) in [6, 6.07) is 0.